The van der Waals surface area contributed by atoms with Gasteiger partial charge in [-0.25, -0.2) is 4.98 Å². The first kappa shape index (κ1) is 20.0. The number of hydrogen-bond acceptors (Lipinski definition) is 5. The van der Waals surface area contributed by atoms with E-state index in [4.69, 9.17) is 10.5 Å². The smallest absolute Gasteiger partial charge is 0.248 e. The van der Waals surface area contributed by atoms with E-state index in [0.717, 1.165) is 16.5 Å². The molecule has 8 heteroatoms. The molecule has 1 heterocycles. The van der Waals surface area contributed by atoms with E-state index in [1.165, 1.54) is 11.8 Å². The van der Waals surface area contributed by atoms with Crippen LogP contribution in [0.4, 0.5) is 5.69 Å². The number of hydrogen-bond donors (Lipinski definition) is 2. The maximum Gasteiger partial charge on any atom is 0.248 e. The first-order valence-corrected chi connectivity index (χ1v) is 9.11. The van der Waals surface area contributed by atoms with E-state index in [1.54, 1.807) is 31.4 Å². The molecule has 1 aromatic heterocycles. The number of carbonyl (C=O) groups excluding carboxylic acids is 2. The summed E-state index contributed by atoms with van der Waals surface area (Å²) in [5, 5.41) is 3.29. The number of nitrogens with zero attached hydrogens (tertiary/aromatic N) is 2. The van der Waals surface area contributed by atoms with Crippen LogP contribution in [0.1, 0.15) is 28.7 Å². The van der Waals surface area contributed by atoms with Crippen molar-refractivity contribution in [3.8, 4) is 0 Å². The van der Waals surface area contributed by atoms with Crippen LogP contribution in [0.5, 0.6) is 0 Å². The molecule has 3 N–H and O–H groups in total. The summed E-state index contributed by atoms with van der Waals surface area (Å²) in [7, 11) is 1.66. The third kappa shape index (κ3) is 4.86. The number of methoxy groups -OCH3 is 1. The predicted molar refractivity (Wildman–Crippen MR) is 102 cm³/mol. The van der Waals surface area contributed by atoms with Crippen LogP contribution in [0.2, 0.25) is 0 Å². The lowest BCUT2D eigenvalue weighted by Crippen LogP contribution is -2.23. The Bertz CT molecular complexity index is 786. The minimum absolute atomic E-state index is 0.140. The topological polar surface area (TPSA) is 99.2 Å². The quantitative estimate of drug-likeness (QED) is 0.689. The van der Waals surface area contributed by atoms with Gasteiger partial charge in [-0.05, 0) is 45.0 Å². The van der Waals surface area contributed by atoms with Gasteiger partial charge in [-0.15, -0.1) is 0 Å². The molecule has 0 aliphatic carbocycles. The summed E-state index contributed by atoms with van der Waals surface area (Å²) in [6.07, 6.45) is 0. The Labute approximate surface area is 157 Å². The summed E-state index contributed by atoms with van der Waals surface area (Å²) >= 11 is 1.40. The first-order chi connectivity index (χ1) is 12.3. The van der Waals surface area contributed by atoms with E-state index in [-0.39, 0.29) is 11.2 Å². The van der Waals surface area contributed by atoms with Gasteiger partial charge < -0.3 is 20.4 Å². The molecule has 2 amide bonds. The molecule has 1 atom stereocenters. The number of nitrogens with one attached hydrogen (secondary N) is 1. The Morgan fingerprint density at radius 3 is 2.54 bits per heavy atom. The lowest BCUT2D eigenvalue weighted by Gasteiger charge is -2.14. The van der Waals surface area contributed by atoms with E-state index >= 15 is 0 Å². The zero-order valence-electron chi connectivity index (χ0n) is 15.4. The molecule has 0 saturated heterocycles. The molecule has 2 aromatic rings. The maximum atomic E-state index is 12.5. The molecule has 0 aliphatic heterocycles. The molecule has 0 bridgehead atoms. The summed E-state index contributed by atoms with van der Waals surface area (Å²) in [5.74, 6) is -0.640. The maximum absolute atomic E-state index is 12.5. The Morgan fingerprint density at radius 1 is 1.31 bits per heavy atom. The summed E-state index contributed by atoms with van der Waals surface area (Å²) in [6.45, 7) is 7.06. The van der Waals surface area contributed by atoms with E-state index < -0.39 is 5.91 Å². The third-order valence-corrected chi connectivity index (χ3v) is 5.12. The summed E-state index contributed by atoms with van der Waals surface area (Å²) in [4.78, 5) is 28.1. The number of benzene rings is 1. The molecule has 1 aromatic carbocycles. The first-order valence-electron chi connectivity index (χ1n) is 8.23. The number of rotatable bonds is 8. The Hall–Kier alpha value is -2.32. The van der Waals surface area contributed by atoms with Crippen molar-refractivity contribution >= 4 is 29.3 Å². The summed E-state index contributed by atoms with van der Waals surface area (Å²) in [5.41, 5.74) is 8.24. The fourth-order valence-corrected chi connectivity index (χ4v) is 3.36. The summed E-state index contributed by atoms with van der Waals surface area (Å²) < 4.78 is 7.22. The van der Waals surface area contributed by atoms with Gasteiger partial charge in [0.2, 0.25) is 11.8 Å². The molecule has 0 fully saturated rings. The summed E-state index contributed by atoms with van der Waals surface area (Å²) in [6, 6.07) is 6.48. The molecule has 0 spiro atoms. The second kappa shape index (κ2) is 8.86. The van der Waals surface area contributed by atoms with Crippen molar-refractivity contribution in [2.75, 3.05) is 19.0 Å². The molecule has 0 saturated carbocycles. The second-order valence-corrected chi connectivity index (χ2v) is 7.21. The number of anilines is 1. The van der Waals surface area contributed by atoms with Gasteiger partial charge in [0, 0.05) is 30.6 Å². The Balaban J connectivity index is 2.05. The standard InChI is InChI=1S/C18H24N4O3S/c1-11-12(2)22(9-10-25-4)18(20-11)26-13(3)17(24)21-15-7-5-14(6-8-15)16(19)23/h5-8,13H,9-10H2,1-4H3,(H2,19,23)(H,21,24). The van der Waals surface area contributed by atoms with E-state index in [0.29, 0.717) is 24.4 Å². The van der Waals surface area contributed by atoms with Gasteiger partial charge in [0.1, 0.15) is 0 Å². The van der Waals surface area contributed by atoms with E-state index in [2.05, 4.69) is 14.9 Å². The highest BCUT2D eigenvalue weighted by Crippen LogP contribution is 2.26. The lowest BCUT2D eigenvalue weighted by atomic mass is 10.2. The Kier molecular flexibility index (Phi) is 6.82. The number of aryl methyl sites for hydroxylation is 1. The van der Waals surface area contributed by atoms with Gasteiger partial charge in [-0.1, -0.05) is 11.8 Å². The van der Waals surface area contributed by atoms with Crippen molar-refractivity contribution in [2.45, 2.75) is 37.7 Å². The average Bonchev–Trinajstić information content (AvgIpc) is 2.87. The predicted octanol–water partition coefficient (Wildman–Crippen LogP) is 2.36. The number of ether oxygens (including phenoxy) is 1. The Morgan fingerprint density at radius 2 is 1.96 bits per heavy atom. The van der Waals surface area contributed by atoms with Crippen molar-refractivity contribution in [1.29, 1.82) is 0 Å². The van der Waals surface area contributed by atoms with Crippen molar-refractivity contribution < 1.29 is 14.3 Å². The molecule has 140 valence electrons. The number of nitrogens with two attached hydrogens (primary N) is 1. The molecular formula is C18H24N4O3S. The largest absolute Gasteiger partial charge is 0.383 e. The highest BCUT2D eigenvalue weighted by Gasteiger charge is 2.20. The fraction of sp³-hybridized carbons (Fsp3) is 0.389. The minimum Gasteiger partial charge on any atom is -0.383 e. The number of primary amides is 1. The molecule has 0 aliphatic rings. The van der Waals surface area contributed by atoms with Gasteiger partial charge in [0.25, 0.3) is 0 Å². The van der Waals surface area contributed by atoms with Crippen LogP contribution >= 0.6 is 11.8 Å². The van der Waals surface area contributed by atoms with Gasteiger partial charge in [-0.2, -0.15) is 0 Å². The SMILES string of the molecule is COCCn1c(SC(C)C(=O)Nc2ccc(C(N)=O)cc2)nc(C)c1C. The van der Waals surface area contributed by atoms with Crippen molar-refractivity contribution in [3.05, 3.63) is 41.2 Å². The van der Waals surface area contributed by atoms with E-state index in [9.17, 15) is 9.59 Å². The number of carbonyl (C=O) groups is 2. The highest BCUT2D eigenvalue weighted by atomic mass is 32.2. The molecule has 1 unspecified atom stereocenters. The van der Waals surface area contributed by atoms with Crippen LogP contribution in [0.25, 0.3) is 0 Å². The third-order valence-electron chi connectivity index (χ3n) is 4.03. The number of thioether (sulfide) groups is 1. The van der Waals surface area contributed by atoms with Gasteiger partial charge >= 0.3 is 0 Å². The van der Waals surface area contributed by atoms with Crippen molar-refractivity contribution in [3.63, 3.8) is 0 Å². The van der Waals surface area contributed by atoms with Gasteiger partial charge in [0.05, 0.1) is 17.6 Å². The normalized spacial score (nSPS) is 12.0. The van der Waals surface area contributed by atoms with Crippen molar-refractivity contribution in [1.82, 2.24) is 9.55 Å². The van der Waals surface area contributed by atoms with Crippen LogP contribution < -0.4 is 11.1 Å². The van der Waals surface area contributed by atoms with Crippen LogP contribution in [-0.4, -0.2) is 40.3 Å². The molecule has 2 rings (SSSR count). The molecule has 0 radical (unpaired) electrons. The van der Waals surface area contributed by atoms with Crippen LogP contribution in [0.15, 0.2) is 29.4 Å². The molecule has 7 nitrogen and oxygen atoms in total. The lowest BCUT2D eigenvalue weighted by molar-refractivity contribution is -0.115. The fourth-order valence-electron chi connectivity index (χ4n) is 2.33. The zero-order valence-corrected chi connectivity index (χ0v) is 16.2. The van der Waals surface area contributed by atoms with Crippen LogP contribution in [-0.2, 0) is 16.1 Å². The molecule has 26 heavy (non-hydrogen) atoms. The number of amides is 2. The van der Waals surface area contributed by atoms with Crippen LogP contribution in [0.3, 0.4) is 0 Å². The van der Waals surface area contributed by atoms with Gasteiger partial charge in [0.15, 0.2) is 5.16 Å². The van der Waals surface area contributed by atoms with Gasteiger partial charge in [-0.3, -0.25) is 9.59 Å². The molecular weight excluding hydrogens is 352 g/mol. The van der Waals surface area contributed by atoms with E-state index in [1.807, 2.05) is 20.8 Å². The average molecular weight is 376 g/mol. The zero-order chi connectivity index (χ0) is 19.3. The van der Waals surface area contributed by atoms with Crippen molar-refractivity contribution in [2.24, 2.45) is 5.73 Å². The monoisotopic (exact) mass is 376 g/mol. The highest BCUT2D eigenvalue weighted by molar-refractivity contribution is 8.00. The second-order valence-electron chi connectivity index (χ2n) is 5.90. The number of imidazole rings is 1. The minimum atomic E-state index is -0.500. The van der Waals surface area contributed by atoms with Crippen LogP contribution in [0, 0.1) is 13.8 Å². The number of aromatic nitrogens is 2.